The lowest BCUT2D eigenvalue weighted by Crippen LogP contribution is -2.55. The van der Waals surface area contributed by atoms with Gasteiger partial charge in [0.15, 0.2) is 0 Å². The minimum Gasteiger partial charge on any atom is -0.351 e. The van der Waals surface area contributed by atoms with Gasteiger partial charge >= 0.3 is 0 Å². The van der Waals surface area contributed by atoms with Gasteiger partial charge in [-0.3, -0.25) is 9.69 Å². The molecule has 1 saturated heterocycles. The van der Waals surface area contributed by atoms with Crippen molar-refractivity contribution >= 4 is 5.91 Å². The van der Waals surface area contributed by atoms with E-state index in [1.165, 1.54) is 11.1 Å². The van der Waals surface area contributed by atoms with Gasteiger partial charge < -0.3 is 10.6 Å². The second-order valence-electron chi connectivity index (χ2n) is 8.89. The largest absolute Gasteiger partial charge is 0.351 e. The Balaban J connectivity index is 1.62. The van der Waals surface area contributed by atoms with E-state index in [4.69, 9.17) is 0 Å². The number of amides is 1. The van der Waals surface area contributed by atoms with Gasteiger partial charge in [-0.1, -0.05) is 52.0 Å². The molecule has 3 rings (SSSR count). The van der Waals surface area contributed by atoms with Crippen LogP contribution in [0, 0.1) is 17.3 Å². The predicted octanol–water partition coefficient (Wildman–Crippen LogP) is 2.43. The quantitative estimate of drug-likeness (QED) is 0.863. The van der Waals surface area contributed by atoms with Crippen LogP contribution in [0.4, 0.5) is 0 Å². The molecule has 2 aliphatic heterocycles. The molecule has 1 amide bonds. The van der Waals surface area contributed by atoms with Crippen LogP contribution in [-0.2, 0) is 17.8 Å². The first-order chi connectivity index (χ1) is 11.8. The number of rotatable bonds is 5. The Labute approximate surface area is 152 Å². The second kappa shape index (κ2) is 7.46. The summed E-state index contributed by atoms with van der Waals surface area (Å²) in [6.45, 7) is 13.7. The highest BCUT2D eigenvalue weighted by molar-refractivity contribution is 5.79. The standard InChI is InChI=1S/C21H33N3O/c1-15(18-11-22-12-18)20(25)23-19(21(2,3)4)14-24-10-9-16-7-5-6-8-17(16)13-24/h5-8,15,18-19,22H,9-14H2,1-4H3,(H,23,25). The number of carbonyl (C=O) groups excluding carboxylic acids is 1. The Morgan fingerprint density at radius 1 is 1.28 bits per heavy atom. The van der Waals surface area contributed by atoms with Gasteiger partial charge in [0.1, 0.15) is 0 Å². The summed E-state index contributed by atoms with van der Waals surface area (Å²) in [6, 6.07) is 8.89. The number of hydrogen-bond donors (Lipinski definition) is 2. The van der Waals surface area contributed by atoms with E-state index in [1.807, 2.05) is 0 Å². The van der Waals surface area contributed by atoms with E-state index in [9.17, 15) is 4.79 Å². The summed E-state index contributed by atoms with van der Waals surface area (Å²) in [5, 5.41) is 6.64. The normalized spacial score (nSPS) is 21.1. The van der Waals surface area contributed by atoms with Crippen LogP contribution in [0.2, 0.25) is 0 Å². The SMILES string of the molecule is CC(C(=O)NC(CN1CCc2ccccc2C1)C(C)(C)C)C1CNC1. The summed E-state index contributed by atoms with van der Waals surface area (Å²) in [4.78, 5) is 15.2. The summed E-state index contributed by atoms with van der Waals surface area (Å²) in [5.41, 5.74) is 2.95. The maximum Gasteiger partial charge on any atom is 0.223 e. The highest BCUT2D eigenvalue weighted by atomic mass is 16.2. The number of fused-ring (bicyclic) bond motifs is 1. The van der Waals surface area contributed by atoms with Crippen LogP contribution in [0.3, 0.4) is 0 Å². The lowest BCUT2D eigenvalue weighted by atomic mass is 9.84. The fraction of sp³-hybridized carbons (Fsp3) is 0.667. The zero-order chi connectivity index (χ0) is 18.0. The average Bonchev–Trinajstić information content (AvgIpc) is 2.51. The molecule has 2 unspecified atom stereocenters. The summed E-state index contributed by atoms with van der Waals surface area (Å²) in [7, 11) is 0. The van der Waals surface area contributed by atoms with Crippen LogP contribution < -0.4 is 10.6 Å². The van der Waals surface area contributed by atoms with Gasteiger partial charge in [0.25, 0.3) is 0 Å². The maximum absolute atomic E-state index is 12.7. The highest BCUT2D eigenvalue weighted by Gasteiger charge is 2.34. The van der Waals surface area contributed by atoms with Crippen LogP contribution in [0.15, 0.2) is 24.3 Å². The number of hydrogen-bond acceptors (Lipinski definition) is 3. The van der Waals surface area contributed by atoms with Crippen molar-refractivity contribution in [2.75, 3.05) is 26.2 Å². The van der Waals surface area contributed by atoms with Crippen LogP contribution in [0.25, 0.3) is 0 Å². The minimum atomic E-state index is 0.0458. The Bertz CT molecular complexity index is 603. The van der Waals surface area contributed by atoms with Gasteiger partial charge in [-0.05, 0) is 42.0 Å². The Kier molecular flexibility index (Phi) is 5.49. The molecule has 0 spiro atoms. The number of benzene rings is 1. The molecule has 0 aliphatic carbocycles. The van der Waals surface area contributed by atoms with Gasteiger partial charge in [0.05, 0.1) is 0 Å². The first-order valence-electron chi connectivity index (χ1n) is 9.65. The van der Waals surface area contributed by atoms with E-state index >= 15 is 0 Å². The third-order valence-electron chi connectivity index (χ3n) is 5.95. The lowest BCUT2D eigenvalue weighted by molar-refractivity contribution is -0.128. The van der Waals surface area contributed by atoms with Crippen molar-refractivity contribution in [2.45, 2.75) is 46.7 Å². The van der Waals surface area contributed by atoms with Gasteiger partial charge in [0.2, 0.25) is 5.91 Å². The Morgan fingerprint density at radius 3 is 2.56 bits per heavy atom. The molecule has 25 heavy (non-hydrogen) atoms. The molecule has 1 fully saturated rings. The van der Waals surface area contributed by atoms with Crippen LogP contribution in [0.1, 0.15) is 38.8 Å². The molecule has 0 aromatic heterocycles. The zero-order valence-corrected chi connectivity index (χ0v) is 16.1. The smallest absolute Gasteiger partial charge is 0.223 e. The van der Waals surface area contributed by atoms with E-state index in [0.29, 0.717) is 5.92 Å². The van der Waals surface area contributed by atoms with Gasteiger partial charge in [0, 0.05) is 31.6 Å². The first kappa shape index (κ1) is 18.4. The zero-order valence-electron chi connectivity index (χ0n) is 16.1. The molecular weight excluding hydrogens is 310 g/mol. The Hall–Kier alpha value is -1.39. The summed E-state index contributed by atoms with van der Waals surface area (Å²) >= 11 is 0. The van der Waals surface area contributed by atoms with Crippen molar-refractivity contribution in [2.24, 2.45) is 17.3 Å². The molecule has 4 nitrogen and oxygen atoms in total. The molecular formula is C21H33N3O. The third kappa shape index (κ3) is 4.42. The van der Waals surface area contributed by atoms with Crippen LogP contribution >= 0.6 is 0 Å². The second-order valence-corrected chi connectivity index (χ2v) is 8.89. The Morgan fingerprint density at radius 2 is 1.96 bits per heavy atom. The molecule has 4 heteroatoms. The van der Waals surface area contributed by atoms with Gasteiger partial charge in [-0.25, -0.2) is 0 Å². The maximum atomic E-state index is 12.7. The van der Waals surface area contributed by atoms with Crippen molar-refractivity contribution in [3.8, 4) is 0 Å². The number of nitrogens with zero attached hydrogens (tertiary/aromatic N) is 1. The highest BCUT2D eigenvalue weighted by Crippen LogP contribution is 2.25. The third-order valence-corrected chi connectivity index (χ3v) is 5.95. The predicted molar refractivity (Wildman–Crippen MR) is 102 cm³/mol. The molecule has 2 N–H and O–H groups in total. The van der Waals surface area contributed by atoms with Crippen molar-refractivity contribution in [3.63, 3.8) is 0 Å². The average molecular weight is 344 g/mol. The molecule has 138 valence electrons. The van der Waals surface area contributed by atoms with Crippen LogP contribution in [-0.4, -0.2) is 43.0 Å². The molecule has 0 radical (unpaired) electrons. The molecule has 1 aromatic carbocycles. The van der Waals surface area contributed by atoms with Crippen molar-refractivity contribution in [1.29, 1.82) is 0 Å². The topological polar surface area (TPSA) is 44.4 Å². The molecule has 0 saturated carbocycles. The molecule has 2 aliphatic rings. The monoisotopic (exact) mass is 343 g/mol. The van der Waals surface area contributed by atoms with Crippen LogP contribution in [0.5, 0.6) is 0 Å². The fourth-order valence-electron chi connectivity index (χ4n) is 3.69. The lowest BCUT2D eigenvalue weighted by Gasteiger charge is -2.39. The van der Waals surface area contributed by atoms with Crippen molar-refractivity contribution < 1.29 is 4.79 Å². The van der Waals surface area contributed by atoms with Gasteiger partial charge in [-0.2, -0.15) is 0 Å². The number of carbonyl (C=O) groups is 1. The van der Waals surface area contributed by atoms with Crippen molar-refractivity contribution in [3.05, 3.63) is 35.4 Å². The van der Waals surface area contributed by atoms with Crippen molar-refractivity contribution in [1.82, 2.24) is 15.5 Å². The molecule has 0 bridgehead atoms. The minimum absolute atomic E-state index is 0.0458. The van der Waals surface area contributed by atoms with E-state index in [-0.39, 0.29) is 23.3 Å². The first-order valence-corrected chi connectivity index (χ1v) is 9.65. The molecule has 1 aromatic rings. The van der Waals surface area contributed by atoms with E-state index in [1.54, 1.807) is 0 Å². The molecule has 2 atom stereocenters. The number of nitrogens with one attached hydrogen (secondary N) is 2. The summed E-state index contributed by atoms with van der Waals surface area (Å²) < 4.78 is 0. The fourth-order valence-corrected chi connectivity index (χ4v) is 3.69. The van der Waals surface area contributed by atoms with E-state index in [2.05, 4.69) is 67.5 Å². The molecule has 2 heterocycles. The summed E-state index contributed by atoms with van der Waals surface area (Å²) in [6.07, 6.45) is 1.10. The van der Waals surface area contributed by atoms with E-state index < -0.39 is 0 Å². The van der Waals surface area contributed by atoms with Gasteiger partial charge in [-0.15, -0.1) is 0 Å². The van der Waals surface area contributed by atoms with E-state index in [0.717, 1.165) is 39.1 Å². The summed E-state index contributed by atoms with van der Waals surface area (Å²) in [5.74, 6) is 0.791.